The van der Waals surface area contributed by atoms with E-state index in [0.29, 0.717) is 0 Å². The van der Waals surface area contributed by atoms with Crippen LogP contribution in [-0.2, 0) is 0 Å². The first kappa shape index (κ1) is 10.3. The van der Waals surface area contributed by atoms with Crippen LogP contribution in [0, 0.1) is 0 Å². The molecule has 1 heterocycles. The second-order valence-electron chi connectivity index (χ2n) is 3.07. The van der Waals surface area contributed by atoms with E-state index in [2.05, 4.69) is 4.98 Å². The number of fused-ring (bicyclic) bond motifs is 1. The monoisotopic (exact) mass is 221 g/mol. The van der Waals surface area contributed by atoms with E-state index in [-0.39, 0.29) is 13.2 Å². The maximum atomic E-state index is 8.89. The molecule has 0 unspecified atom stereocenters. The summed E-state index contributed by atoms with van der Waals surface area (Å²) in [4.78, 5) is 4.20. The normalized spacial score (nSPS) is 14.0. The summed E-state index contributed by atoms with van der Waals surface area (Å²) in [6.07, 6.45) is 3.43. The van der Waals surface area contributed by atoms with Crippen LogP contribution < -0.4 is 10.4 Å². The van der Waals surface area contributed by atoms with Crippen LogP contribution in [0.2, 0.25) is 0 Å². The molecule has 4 heteroatoms. The minimum atomic E-state index is -0.0120. The predicted octanol–water partition coefficient (Wildman–Crippen LogP) is -0.158. The summed E-state index contributed by atoms with van der Waals surface area (Å²) in [5.74, 6) is 0. The molecule has 78 valence electrons. The molecule has 0 radical (unpaired) electrons. The number of hydrogen-bond acceptors (Lipinski definition) is 4. The highest BCUT2D eigenvalue weighted by Crippen LogP contribution is 2.12. The number of nitrogens with zero attached hydrogens (tertiary/aromatic N) is 1. The second kappa shape index (κ2) is 4.53. The Morgan fingerprint density at radius 3 is 2.47 bits per heavy atom. The Morgan fingerprint density at radius 1 is 1.13 bits per heavy atom. The summed E-state index contributed by atoms with van der Waals surface area (Å²) in [7, 11) is 0. The molecule has 1 aromatic heterocycles. The van der Waals surface area contributed by atoms with E-state index in [1.54, 1.807) is 29.0 Å². The molecule has 15 heavy (non-hydrogen) atoms. The van der Waals surface area contributed by atoms with Gasteiger partial charge in [0.2, 0.25) is 0 Å². The van der Waals surface area contributed by atoms with Crippen molar-refractivity contribution in [3.63, 3.8) is 0 Å². The lowest BCUT2D eigenvalue weighted by molar-refractivity contribution is 0.353. The van der Waals surface area contributed by atoms with Crippen molar-refractivity contribution >= 4 is 33.7 Å². The number of rotatable bonds is 2. The van der Waals surface area contributed by atoms with E-state index in [1.165, 1.54) is 0 Å². The third-order valence-corrected chi connectivity index (χ3v) is 2.95. The third kappa shape index (κ3) is 2.07. The molecule has 1 aromatic carbocycles. The van der Waals surface area contributed by atoms with Crippen molar-refractivity contribution in [2.24, 2.45) is 0 Å². The molecule has 0 atom stereocenters. The number of hydrogen-bond donors (Lipinski definition) is 2. The van der Waals surface area contributed by atoms with Crippen LogP contribution in [0.25, 0.3) is 22.4 Å². The summed E-state index contributed by atoms with van der Waals surface area (Å²) < 4.78 is 1.09. The van der Waals surface area contributed by atoms with Crippen molar-refractivity contribution in [3.8, 4) is 0 Å². The molecule has 2 aromatic rings. The summed E-state index contributed by atoms with van der Waals surface area (Å²) in [5, 5.41) is 19.6. The average molecular weight is 221 g/mol. The Labute approximate surface area is 90.6 Å². The number of aromatic nitrogens is 1. The molecule has 0 aliphatic carbocycles. The summed E-state index contributed by atoms with van der Waals surface area (Å²) >= 11 is 1.56. The van der Waals surface area contributed by atoms with Crippen LogP contribution in [0.5, 0.6) is 0 Å². The molecule has 2 rings (SSSR count). The molecule has 0 aliphatic heterocycles. The van der Waals surface area contributed by atoms with Crippen molar-refractivity contribution < 1.29 is 10.2 Å². The van der Waals surface area contributed by atoms with E-state index in [0.717, 1.165) is 20.7 Å². The van der Waals surface area contributed by atoms with Gasteiger partial charge in [0.1, 0.15) is 0 Å². The van der Waals surface area contributed by atoms with Crippen LogP contribution in [-0.4, -0.2) is 28.4 Å². The average Bonchev–Trinajstić information content (AvgIpc) is 2.66. The van der Waals surface area contributed by atoms with Crippen molar-refractivity contribution in [1.82, 2.24) is 4.98 Å². The lowest BCUT2D eigenvalue weighted by Crippen LogP contribution is -2.25. The molecule has 0 amide bonds. The molecule has 0 spiro atoms. The molecule has 0 saturated heterocycles. The molecule has 0 aliphatic rings. The van der Waals surface area contributed by atoms with E-state index < -0.39 is 0 Å². The summed E-state index contributed by atoms with van der Waals surface area (Å²) in [6, 6.07) is 3.90. The van der Waals surface area contributed by atoms with Gasteiger partial charge in [-0.25, -0.2) is 4.98 Å². The van der Waals surface area contributed by atoms with Crippen LogP contribution >= 0.6 is 11.3 Å². The van der Waals surface area contributed by atoms with E-state index in [9.17, 15) is 0 Å². The Balaban J connectivity index is 2.80. The molecule has 0 bridgehead atoms. The van der Waals surface area contributed by atoms with Gasteiger partial charge in [0.05, 0.1) is 28.9 Å². The first-order chi connectivity index (χ1) is 7.35. The largest absolute Gasteiger partial charge is 0.392 e. The maximum Gasteiger partial charge on any atom is 0.0818 e. The molecule has 0 fully saturated rings. The zero-order valence-electron chi connectivity index (χ0n) is 8.05. The van der Waals surface area contributed by atoms with Gasteiger partial charge in [-0.15, -0.1) is 11.3 Å². The van der Waals surface area contributed by atoms with Crippen LogP contribution in [0.4, 0.5) is 0 Å². The van der Waals surface area contributed by atoms with Gasteiger partial charge in [-0.3, -0.25) is 0 Å². The lowest BCUT2D eigenvalue weighted by atomic mass is 10.2. The minimum Gasteiger partial charge on any atom is -0.392 e. The van der Waals surface area contributed by atoms with Gasteiger partial charge < -0.3 is 10.2 Å². The highest BCUT2D eigenvalue weighted by atomic mass is 32.1. The van der Waals surface area contributed by atoms with Crippen molar-refractivity contribution in [2.75, 3.05) is 13.2 Å². The fourth-order valence-electron chi connectivity index (χ4n) is 1.49. The van der Waals surface area contributed by atoms with Gasteiger partial charge in [0.15, 0.2) is 0 Å². The van der Waals surface area contributed by atoms with Gasteiger partial charge in [-0.1, -0.05) is 12.2 Å². The topological polar surface area (TPSA) is 53.4 Å². The van der Waals surface area contributed by atoms with Crippen LogP contribution in [0.1, 0.15) is 0 Å². The Hall–Kier alpha value is -1.23. The Bertz CT molecular complexity index is 524. The third-order valence-electron chi connectivity index (χ3n) is 2.16. The zero-order chi connectivity index (χ0) is 10.7. The van der Waals surface area contributed by atoms with Crippen molar-refractivity contribution in [1.29, 1.82) is 0 Å². The second-order valence-corrected chi connectivity index (χ2v) is 3.96. The molecule has 2 N–H and O–H groups in total. The lowest BCUT2D eigenvalue weighted by Gasteiger charge is -1.92. The molecular weight excluding hydrogens is 210 g/mol. The SMILES string of the molecule is OCC=c1cc2ncsc2cc1=CCO. The van der Waals surface area contributed by atoms with Crippen molar-refractivity contribution in [2.45, 2.75) is 0 Å². The maximum absolute atomic E-state index is 8.89. The van der Waals surface area contributed by atoms with E-state index >= 15 is 0 Å². The quantitative estimate of drug-likeness (QED) is 0.741. The van der Waals surface area contributed by atoms with Crippen LogP contribution in [0.3, 0.4) is 0 Å². The first-order valence-corrected chi connectivity index (χ1v) is 5.48. The van der Waals surface area contributed by atoms with Gasteiger partial charge in [-0.2, -0.15) is 0 Å². The highest BCUT2D eigenvalue weighted by molar-refractivity contribution is 7.16. The zero-order valence-corrected chi connectivity index (χ0v) is 8.87. The van der Waals surface area contributed by atoms with Crippen LogP contribution in [0.15, 0.2) is 17.6 Å². The molecular formula is C11H11NO2S. The van der Waals surface area contributed by atoms with Crippen molar-refractivity contribution in [3.05, 3.63) is 28.1 Å². The number of thiazole rings is 1. The van der Waals surface area contributed by atoms with E-state index in [1.807, 2.05) is 12.1 Å². The molecule has 0 saturated carbocycles. The summed E-state index contributed by atoms with van der Waals surface area (Å²) in [5.41, 5.74) is 2.71. The predicted molar refractivity (Wildman–Crippen MR) is 62.0 cm³/mol. The Kier molecular flexibility index (Phi) is 3.11. The van der Waals surface area contributed by atoms with Gasteiger partial charge >= 0.3 is 0 Å². The standard InChI is InChI=1S/C11H11NO2S/c13-3-1-8-5-10-11(15-7-12-10)6-9(8)2-4-14/h1-2,5-7,13-14H,3-4H2. The molecule has 3 nitrogen and oxygen atoms in total. The first-order valence-electron chi connectivity index (χ1n) is 4.60. The number of benzene rings is 1. The van der Waals surface area contributed by atoms with Gasteiger partial charge in [-0.05, 0) is 22.6 Å². The Morgan fingerprint density at radius 2 is 1.80 bits per heavy atom. The fraction of sp³-hybridized carbons (Fsp3) is 0.182. The smallest absolute Gasteiger partial charge is 0.0818 e. The minimum absolute atomic E-state index is 0.00339. The summed E-state index contributed by atoms with van der Waals surface area (Å²) in [6.45, 7) is -0.0154. The van der Waals surface area contributed by atoms with Gasteiger partial charge in [0.25, 0.3) is 0 Å². The van der Waals surface area contributed by atoms with E-state index in [4.69, 9.17) is 10.2 Å². The van der Waals surface area contributed by atoms with Gasteiger partial charge in [0, 0.05) is 0 Å². The number of aliphatic hydroxyl groups is 2. The number of aliphatic hydroxyl groups excluding tert-OH is 2. The fourth-order valence-corrected chi connectivity index (χ4v) is 2.19. The highest BCUT2D eigenvalue weighted by Gasteiger charge is 1.96.